The molecule has 0 saturated carbocycles. The summed E-state index contributed by atoms with van der Waals surface area (Å²) in [6.07, 6.45) is 8.85. The van der Waals surface area contributed by atoms with Crippen LogP contribution in [0, 0.1) is 5.82 Å². The van der Waals surface area contributed by atoms with Crippen molar-refractivity contribution >= 4 is 20.4 Å². The van der Waals surface area contributed by atoms with E-state index in [0.29, 0.717) is 10.6 Å². The first-order valence-electron chi connectivity index (χ1n) is 12.8. The zero-order valence-corrected chi connectivity index (χ0v) is 21.7. The Morgan fingerprint density at radius 3 is 2.18 bits per heavy atom. The highest BCUT2D eigenvalue weighted by Gasteiger charge is 2.22. The van der Waals surface area contributed by atoms with Crippen LogP contribution in [-0.2, 0) is 12.8 Å². The van der Waals surface area contributed by atoms with Gasteiger partial charge in [0.05, 0.1) is 0 Å². The molecule has 0 bridgehead atoms. The van der Waals surface area contributed by atoms with Crippen LogP contribution >= 0.6 is 11.6 Å². The second kappa shape index (κ2) is 12.0. The lowest BCUT2D eigenvalue weighted by atomic mass is 9.92. The molecule has 3 aromatic carbocycles. The summed E-state index contributed by atoms with van der Waals surface area (Å²) in [4.78, 5) is 0. The van der Waals surface area contributed by atoms with Crippen LogP contribution in [-0.4, -0.2) is 8.80 Å². The molecule has 4 rings (SSSR count). The molecule has 1 heterocycles. The van der Waals surface area contributed by atoms with E-state index in [0.717, 1.165) is 29.9 Å². The van der Waals surface area contributed by atoms with Crippen LogP contribution in [0.4, 0.5) is 4.39 Å². The maximum absolute atomic E-state index is 14.7. The SMILES string of the molecule is CCCCC[SiH]1CCC(c2ccc(CCc3ccc(-c4ccc(Cl)cc4)c(F)c3)cc2)CC1. The highest BCUT2D eigenvalue weighted by molar-refractivity contribution is 6.59. The Kier molecular flexibility index (Phi) is 8.80. The van der Waals surface area contributed by atoms with Gasteiger partial charge in [-0.1, -0.05) is 104 Å². The molecule has 0 spiro atoms. The molecule has 3 aromatic rings. The zero-order chi connectivity index (χ0) is 23.0. The molecular weight excluding hydrogens is 443 g/mol. The molecule has 1 saturated heterocycles. The number of unbranched alkanes of at least 4 members (excludes halogenated alkanes) is 2. The third-order valence-electron chi connectivity index (χ3n) is 7.40. The predicted octanol–water partition coefficient (Wildman–Crippen LogP) is 9.23. The first-order valence-corrected chi connectivity index (χ1v) is 15.6. The Morgan fingerprint density at radius 2 is 1.52 bits per heavy atom. The Labute approximate surface area is 205 Å². The smallest absolute Gasteiger partial charge is 0.131 e. The van der Waals surface area contributed by atoms with E-state index in [-0.39, 0.29) is 5.82 Å². The molecular formula is C30H36ClFSi. The number of hydrogen-bond acceptors (Lipinski definition) is 0. The molecule has 0 amide bonds. The number of halogens is 2. The number of aryl methyl sites for hydroxylation is 2. The maximum atomic E-state index is 14.7. The van der Waals surface area contributed by atoms with E-state index in [2.05, 4.69) is 31.2 Å². The van der Waals surface area contributed by atoms with Gasteiger partial charge in [-0.15, -0.1) is 0 Å². The predicted molar refractivity (Wildman–Crippen MR) is 144 cm³/mol. The lowest BCUT2D eigenvalue weighted by molar-refractivity contribution is 0.603. The summed E-state index contributed by atoms with van der Waals surface area (Å²) in [6, 6.07) is 26.9. The summed E-state index contributed by atoms with van der Waals surface area (Å²) in [6.45, 7) is 2.30. The monoisotopic (exact) mass is 478 g/mol. The van der Waals surface area contributed by atoms with Crippen LogP contribution in [0.25, 0.3) is 11.1 Å². The minimum atomic E-state index is -0.443. The van der Waals surface area contributed by atoms with Gasteiger partial charge in [0.25, 0.3) is 0 Å². The Balaban J connectivity index is 1.28. The number of benzene rings is 3. The summed E-state index contributed by atoms with van der Waals surface area (Å²) < 4.78 is 14.7. The molecule has 33 heavy (non-hydrogen) atoms. The fourth-order valence-corrected chi connectivity index (χ4v) is 8.90. The van der Waals surface area contributed by atoms with Crippen LogP contribution in [0.2, 0.25) is 23.2 Å². The van der Waals surface area contributed by atoms with Crippen molar-refractivity contribution < 1.29 is 4.39 Å². The van der Waals surface area contributed by atoms with Crippen LogP contribution in [0.15, 0.2) is 66.7 Å². The number of rotatable bonds is 9. The topological polar surface area (TPSA) is 0 Å². The third-order valence-corrected chi connectivity index (χ3v) is 11.2. The lowest BCUT2D eigenvalue weighted by Crippen LogP contribution is -2.20. The van der Waals surface area contributed by atoms with Gasteiger partial charge in [-0.25, -0.2) is 4.39 Å². The summed E-state index contributed by atoms with van der Waals surface area (Å²) in [5.74, 6) is 0.600. The molecule has 0 aromatic heterocycles. The minimum absolute atomic E-state index is 0.168. The van der Waals surface area contributed by atoms with Gasteiger partial charge in [-0.3, -0.25) is 0 Å². The van der Waals surface area contributed by atoms with Crippen LogP contribution in [0.1, 0.15) is 61.6 Å². The first-order chi connectivity index (χ1) is 16.1. The average molecular weight is 479 g/mol. The summed E-state index contributed by atoms with van der Waals surface area (Å²) in [5, 5.41) is 0.665. The molecule has 174 valence electrons. The van der Waals surface area contributed by atoms with Gasteiger partial charge < -0.3 is 0 Å². The van der Waals surface area contributed by atoms with Gasteiger partial charge in [-0.2, -0.15) is 0 Å². The van der Waals surface area contributed by atoms with E-state index < -0.39 is 8.80 Å². The van der Waals surface area contributed by atoms with Gasteiger partial charge in [0.2, 0.25) is 0 Å². The van der Waals surface area contributed by atoms with Crippen molar-refractivity contribution in [2.45, 2.75) is 75.9 Å². The largest absolute Gasteiger partial charge is 0.206 e. The standard InChI is InChI=1S/C30H36ClFSi/c1-2-3-4-19-33-20-17-26(18-21-33)25-10-7-23(8-11-25)5-6-24-9-16-29(30(32)22-24)27-12-14-28(31)15-13-27/h7-16,22,26,33H,2-6,17-21H2,1H3. The highest BCUT2D eigenvalue weighted by atomic mass is 35.5. The van der Waals surface area contributed by atoms with Crippen LogP contribution in [0.3, 0.4) is 0 Å². The highest BCUT2D eigenvalue weighted by Crippen LogP contribution is 2.35. The first kappa shape index (κ1) is 24.2. The maximum Gasteiger partial charge on any atom is 0.131 e. The van der Waals surface area contributed by atoms with Crippen molar-refractivity contribution in [3.8, 4) is 11.1 Å². The molecule has 3 heteroatoms. The lowest BCUT2D eigenvalue weighted by Gasteiger charge is -2.28. The second-order valence-electron chi connectivity index (χ2n) is 9.78. The van der Waals surface area contributed by atoms with Crippen molar-refractivity contribution in [2.24, 2.45) is 0 Å². The second-order valence-corrected chi connectivity index (χ2v) is 13.7. The molecule has 0 nitrogen and oxygen atoms in total. The van der Waals surface area contributed by atoms with E-state index >= 15 is 0 Å². The third kappa shape index (κ3) is 6.80. The van der Waals surface area contributed by atoms with Crippen LogP contribution in [0.5, 0.6) is 0 Å². The minimum Gasteiger partial charge on any atom is -0.206 e. The van der Waals surface area contributed by atoms with Crippen molar-refractivity contribution in [2.75, 3.05) is 0 Å². The quantitative estimate of drug-likeness (QED) is 0.212. The van der Waals surface area contributed by atoms with Gasteiger partial charge in [0, 0.05) is 19.4 Å². The molecule has 1 fully saturated rings. The molecule has 0 N–H and O–H groups in total. The van der Waals surface area contributed by atoms with Gasteiger partial charge >= 0.3 is 0 Å². The van der Waals surface area contributed by atoms with E-state index in [1.807, 2.05) is 24.3 Å². The van der Waals surface area contributed by atoms with E-state index in [4.69, 9.17) is 11.6 Å². The Morgan fingerprint density at radius 1 is 0.848 bits per heavy atom. The average Bonchev–Trinajstić information content (AvgIpc) is 2.84. The van der Waals surface area contributed by atoms with E-state index in [9.17, 15) is 4.39 Å². The van der Waals surface area contributed by atoms with Crippen molar-refractivity contribution in [1.29, 1.82) is 0 Å². The molecule has 0 atom stereocenters. The summed E-state index contributed by atoms with van der Waals surface area (Å²) >= 11 is 5.95. The van der Waals surface area contributed by atoms with Crippen molar-refractivity contribution in [3.63, 3.8) is 0 Å². The molecule has 1 aliphatic rings. The van der Waals surface area contributed by atoms with Crippen LogP contribution < -0.4 is 0 Å². The fourth-order valence-electron chi connectivity index (χ4n) is 5.29. The van der Waals surface area contributed by atoms with Crippen molar-refractivity contribution in [1.82, 2.24) is 0 Å². The van der Waals surface area contributed by atoms with E-state index in [1.54, 1.807) is 24.2 Å². The molecule has 0 aliphatic carbocycles. The fraction of sp³-hybridized carbons (Fsp3) is 0.400. The molecule has 0 radical (unpaired) electrons. The normalized spacial score (nSPS) is 18.4. The molecule has 0 unspecified atom stereocenters. The van der Waals surface area contributed by atoms with Crippen molar-refractivity contribution in [3.05, 3.63) is 94.3 Å². The summed E-state index contributed by atoms with van der Waals surface area (Å²) in [7, 11) is -0.443. The Bertz CT molecular complexity index is 1000. The number of hydrogen-bond donors (Lipinski definition) is 0. The van der Waals surface area contributed by atoms with E-state index in [1.165, 1.54) is 55.3 Å². The zero-order valence-electron chi connectivity index (χ0n) is 19.8. The summed E-state index contributed by atoms with van der Waals surface area (Å²) in [5.41, 5.74) is 5.39. The Hall–Kier alpha value is -1.90. The molecule has 1 aliphatic heterocycles. The van der Waals surface area contributed by atoms with Gasteiger partial charge in [0.1, 0.15) is 5.82 Å². The van der Waals surface area contributed by atoms with Gasteiger partial charge in [0.15, 0.2) is 0 Å². The van der Waals surface area contributed by atoms with Gasteiger partial charge in [-0.05, 0) is 72.1 Å².